The molecule has 0 radical (unpaired) electrons. The number of fused-ring (bicyclic) bond motifs is 6. The third-order valence-electron chi connectivity index (χ3n) is 9.06. The van der Waals surface area contributed by atoms with Crippen LogP contribution in [0, 0.1) is 0 Å². The Kier molecular flexibility index (Phi) is 6.17. The van der Waals surface area contributed by atoms with Gasteiger partial charge in [0.1, 0.15) is 11.2 Å². The average molecular weight is 588 g/mol. The van der Waals surface area contributed by atoms with Crippen LogP contribution >= 0.6 is 0 Å². The molecule has 0 bridgehead atoms. The van der Waals surface area contributed by atoms with Gasteiger partial charge in [-0.1, -0.05) is 127 Å². The van der Waals surface area contributed by atoms with Crippen LogP contribution in [-0.2, 0) is 0 Å². The fourth-order valence-electron chi connectivity index (χ4n) is 6.78. The fraction of sp³-hybridized carbons (Fsp3) is 0. The van der Waals surface area contributed by atoms with Gasteiger partial charge in [0.05, 0.1) is 5.69 Å². The van der Waals surface area contributed by atoms with Crippen LogP contribution in [0.15, 0.2) is 180 Å². The first-order valence-corrected chi connectivity index (χ1v) is 15.7. The van der Waals surface area contributed by atoms with Crippen LogP contribution in [0.25, 0.3) is 65.7 Å². The van der Waals surface area contributed by atoms with E-state index in [1.807, 2.05) is 12.1 Å². The molecule has 1 heterocycles. The smallest absolute Gasteiger partial charge is 0.136 e. The van der Waals surface area contributed by atoms with Crippen molar-refractivity contribution in [2.24, 2.45) is 0 Å². The summed E-state index contributed by atoms with van der Waals surface area (Å²) in [7, 11) is 0. The fourth-order valence-corrected chi connectivity index (χ4v) is 6.78. The Morgan fingerprint density at radius 2 is 0.891 bits per heavy atom. The number of benzene rings is 8. The van der Waals surface area contributed by atoms with Crippen molar-refractivity contribution in [1.82, 2.24) is 0 Å². The first kappa shape index (κ1) is 26.3. The number of anilines is 3. The molecule has 0 saturated carbocycles. The van der Waals surface area contributed by atoms with Gasteiger partial charge in [-0.3, -0.25) is 0 Å². The zero-order valence-corrected chi connectivity index (χ0v) is 25.1. The Morgan fingerprint density at radius 1 is 0.326 bits per heavy atom. The molecule has 0 N–H and O–H groups in total. The molecule has 9 rings (SSSR count). The van der Waals surface area contributed by atoms with Crippen molar-refractivity contribution >= 4 is 60.5 Å². The Hall–Kier alpha value is -6.12. The monoisotopic (exact) mass is 587 g/mol. The van der Waals surface area contributed by atoms with E-state index in [2.05, 4.69) is 169 Å². The highest BCUT2D eigenvalue weighted by Gasteiger charge is 2.18. The molecule has 0 amide bonds. The van der Waals surface area contributed by atoms with Gasteiger partial charge in [0.2, 0.25) is 0 Å². The topological polar surface area (TPSA) is 16.4 Å². The van der Waals surface area contributed by atoms with Crippen molar-refractivity contribution in [2.45, 2.75) is 0 Å². The SMILES string of the molecule is c1ccc(-c2ccc(N(c3ccc(-c4ccccc4)cc3)c3cccc4c3ccc3cc5oc6ccccc6c5cc34)cc2)cc1. The molecular formula is C44H29NO. The van der Waals surface area contributed by atoms with E-state index in [0.717, 1.165) is 39.0 Å². The van der Waals surface area contributed by atoms with E-state index in [1.165, 1.54) is 43.8 Å². The van der Waals surface area contributed by atoms with E-state index in [0.29, 0.717) is 0 Å². The molecule has 0 unspecified atom stereocenters. The average Bonchev–Trinajstić information content (AvgIpc) is 3.50. The second-order valence-corrected chi connectivity index (χ2v) is 11.8. The summed E-state index contributed by atoms with van der Waals surface area (Å²) < 4.78 is 6.23. The highest BCUT2D eigenvalue weighted by Crippen LogP contribution is 2.43. The summed E-state index contributed by atoms with van der Waals surface area (Å²) in [6.07, 6.45) is 0. The maximum absolute atomic E-state index is 6.23. The number of hydrogen-bond donors (Lipinski definition) is 0. The first-order chi connectivity index (χ1) is 22.8. The highest BCUT2D eigenvalue weighted by atomic mass is 16.3. The van der Waals surface area contributed by atoms with Gasteiger partial charge in [-0.25, -0.2) is 0 Å². The quantitative estimate of drug-likeness (QED) is 0.186. The van der Waals surface area contributed by atoms with Crippen molar-refractivity contribution in [1.29, 1.82) is 0 Å². The second kappa shape index (κ2) is 10.8. The molecule has 1 aromatic heterocycles. The molecule has 0 saturated heterocycles. The standard InChI is InChI=1S/C44H29NO/c1-3-10-30(11-4-1)32-18-23-35(24-19-32)45(36-25-20-33(21-26-36)31-12-5-2-6-13-31)42-16-9-15-37-38(42)27-22-34-28-44-41(29-40(34)37)39-14-7-8-17-43(39)46-44/h1-29H. The lowest BCUT2D eigenvalue weighted by Crippen LogP contribution is -2.10. The molecule has 0 fully saturated rings. The lowest BCUT2D eigenvalue weighted by atomic mass is 9.97. The molecular weight excluding hydrogens is 558 g/mol. The minimum atomic E-state index is 0.918. The predicted octanol–water partition coefficient (Wildman–Crippen LogP) is 12.7. The zero-order valence-electron chi connectivity index (χ0n) is 25.1. The number of para-hydroxylation sites is 1. The largest absolute Gasteiger partial charge is 0.456 e. The van der Waals surface area contributed by atoms with Crippen LogP contribution in [0.5, 0.6) is 0 Å². The van der Waals surface area contributed by atoms with Gasteiger partial charge in [0.25, 0.3) is 0 Å². The molecule has 46 heavy (non-hydrogen) atoms. The Labute approximate surface area is 267 Å². The molecule has 0 aliphatic carbocycles. The summed E-state index contributed by atoms with van der Waals surface area (Å²) in [5.74, 6) is 0. The normalized spacial score (nSPS) is 11.5. The van der Waals surface area contributed by atoms with Gasteiger partial charge in [-0.15, -0.1) is 0 Å². The summed E-state index contributed by atoms with van der Waals surface area (Å²) in [6, 6.07) is 62.8. The molecule has 9 aromatic rings. The van der Waals surface area contributed by atoms with Crippen molar-refractivity contribution < 1.29 is 4.42 Å². The third-order valence-corrected chi connectivity index (χ3v) is 9.06. The van der Waals surface area contributed by atoms with Crippen LogP contribution in [-0.4, -0.2) is 0 Å². The summed E-state index contributed by atoms with van der Waals surface area (Å²) in [6.45, 7) is 0. The molecule has 0 spiro atoms. The van der Waals surface area contributed by atoms with Gasteiger partial charge < -0.3 is 9.32 Å². The first-order valence-electron chi connectivity index (χ1n) is 15.7. The van der Waals surface area contributed by atoms with E-state index in [4.69, 9.17) is 4.42 Å². The maximum atomic E-state index is 6.23. The number of rotatable bonds is 5. The molecule has 0 aliphatic heterocycles. The molecule has 8 aromatic carbocycles. The van der Waals surface area contributed by atoms with Crippen LogP contribution < -0.4 is 4.90 Å². The van der Waals surface area contributed by atoms with Gasteiger partial charge >= 0.3 is 0 Å². The lowest BCUT2D eigenvalue weighted by molar-refractivity contribution is 0.669. The maximum Gasteiger partial charge on any atom is 0.136 e. The molecule has 2 heteroatoms. The van der Waals surface area contributed by atoms with E-state index in [1.54, 1.807) is 0 Å². The third kappa shape index (κ3) is 4.43. The van der Waals surface area contributed by atoms with Gasteiger partial charge in [-0.2, -0.15) is 0 Å². The van der Waals surface area contributed by atoms with Crippen LogP contribution in [0.1, 0.15) is 0 Å². The summed E-state index contributed by atoms with van der Waals surface area (Å²) in [5.41, 5.74) is 10.0. The summed E-state index contributed by atoms with van der Waals surface area (Å²) >= 11 is 0. The zero-order chi connectivity index (χ0) is 30.5. The van der Waals surface area contributed by atoms with Crippen LogP contribution in [0.3, 0.4) is 0 Å². The number of furan rings is 1. The Morgan fingerprint density at radius 3 is 1.54 bits per heavy atom. The van der Waals surface area contributed by atoms with Gasteiger partial charge in [-0.05, 0) is 86.9 Å². The van der Waals surface area contributed by atoms with E-state index >= 15 is 0 Å². The van der Waals surface area contributed by atoms with E-state index < -0.39 is 0 Å². The summed E-state index contributed by atoms with van der Waals surface area (Å²) in [5, 5.41) is 7.09. The lowest BCUT2D eigenvalue weighted by Gasteiger charge is -2.27. The number of nitrogens with zero attached hydrogens (tertiary/aromatic N) is 1. The van der Waals surface area contributed by atoms with Crippen molar-refractivity contribution in [3.63, 3.8) is 0 Å². The molecule has 0 atom stereocenters. The van der Waals surface area contributed by atoms with Crippen molar-refractivity contribution in [3.8, 4) is 22.3 Å². The van der Waals surface area contributed by atoms with Crippen molar-refractivity contribution in [2.75, 3.05) is 4.90 Å². The van der Waals surface area contributed by atoms with Crippen LogP contribution in [0.4, 0.5) is 17.1 Å². The highest BCUT2D eigenvalue weighted by molar-refractivity contribution is 6.18. The second-order valence-electron chi connectivity index (χ2n) is 11.8. The minimum absolute atomic E-state index is 0.918. The van der Waals surface area contributed by atoms with Gasteiger partial charge in [0.15, 0.2) is 0 Å². The van der Waals surface area contributed by atoms with E-state index in [-0.39, 0.29) is 0 Å². The minimum Gasteiger partial charge on any atom is -0.456 e. The summed E-state index contributed by atoms with van der Waals surface area (Å²) in [4.78, 5) is 2.38. The molecule has 2 nitrogen and oxygen atoms in total. The molecule has 0 aliphatic rings. The Bertz CT molecular complexity index is 2410. The Balaban J connectivity index is 1.23. The molecule has 216 valence electrons. The number of hydrogen-bond acceptors (Lipinski definition) is 2. The van der Waals surface area contributed by atoms with E-state index in [9.17, 15) is 0 Å². The van der Waals surface area contributed by atoms with Crippen LogP contribution in [0.2, 0.25) is 0 Å². The van der Waals surface area contributed by atoms with Crippen molar-refractivity contribution in [3.05, 3.63) is 176 Å². The van der Waals surface area contributed by atoms with Gasteiger partial charge in [0, 0.05) is 27.5 Å². The predicted molar refractivity (Wildman–Crippen MR) is 194 cm³/mol.